The SMILES string of the molecule is O=c1ccc2ccc(-c3ccc(C(F)(F)F)cc3O)oc-2c1Cl. The Labute approximate surface area is 132 Å². The molecule has 7 heteroatoms. The van der Waals surface area contributed by atoms with Gasteiger partial charge in [-0.1, -0.05) is 11.6 Å². The van der Waals surface area contributed by atoms with Crippen molar-refractivity contribution in [2.75, 3.05) is 0 Å². The third-order valence-corrected chi connectivity index (χ3v) is 3.67. The van der Waals surface area contributed by atoms with E-state index < -0.39 is 22.9 Å². The first kappa shape index (κ1) is 15.4. The lowest BCUT2D eigenvalue weighted by molar-refractivity contribution is -0.137. The number of fused-ring (bicyclic) bond motifs is 1. The molecule has 1 aliphatic heterocycles. The van der Waals surface area contributed by atoms with Crippen molar-refractivity contribution in [1.29, 1.82) is 0 Å². The largest absolute Gasteiger partial charge is 0.507 e. The Morgan fingerprint density at radius 3 is 2.39 bits per heavy atom. The van der Waals surface area contributed by atoms with E-state index in [2.05, 4.69) is 0 Å². The second kappa shape index (κ2) is 5.31. The van der Waals surface area contributed by atoms with Crippen LogP contribution in [0.2, 0.25) is 5.02 Å². The maximum Gasteiger partial charge on any atom is 0.416 e. The second-order valence-corrected chi connectivity index (χ2v) is 5.20. The molecule has 2 aliphatic rings. The average Bonchev–Trinajstić information content (AvgIpc) is 2.50. The van der Waals surface area contributed by atoms with E-state index in [9.17, 15) is 23.1 Å². The summed E-state index contributed by atoms with van der Waals surface area (Å²) in [6.45, 7) is 0. The third kappa shape index (κ3) is 2.77. The van der Waals surface area contributed by atoms with Crippen LogP contribution in [0.5, 0.6) is 5.75 Å². The van der Waals surface area contributed by atoms with Crippen molar-refractivity contribution in [2.24, 2.45) is 0 Å². The number of phenols is 1. The predicted octanol–water partition coefficient (Wildman–Crippen LogP) is 4.79. The van der Waals surface area contributed by atoms with Crippen molar-refractivity contribution in [3.8, 4) is 28.4 Å². The molecule has 0 saturated carbocycles. The van der Waals surface area contributed by atoms with Crippen molar-refractivity contribution in [3.63, 3.8) is 0 Å². The molecular formula is C16H8ClF3O3. The van der Waals surface area contributed by atoms with Gasteiger partial charge in [0, 0.05) is 5.56 Å². The number of rotatable bonds is 1. The molecule has 1 aliphatic carbocycles. The maximum absolute atomic E-state index is 12.6. The Morgan fingerprint density at radius 1 is 1.04 bits per heavy atom. The molecule has 23 heavy (non-hydrogen) atoms. The molecule has 0 unspecified atom stereocenters. The quantitative estimate of drug-likeness (QED) is 0.693. The van der Waals surface area contributed by atoms with E-state index >= 15 is 0 Å². The topological polar surface area (TPSA) is 50.4 Å². The van der Waals surface area contributed by atoms with Gasteiger partial charge in [0.15, 0.2) is 5.76 Å². The van der Waals surface area contributed by atoms with Crippen LogP contribution in [-0.4, -0.2) is 5.11 Å². The number of hydrogen-bond donors (Lipinski definition) is 1. The van der Waals surface area contributed by atoms with Crippen molar-refractivity contribution < 1.29 is 22.7 Å². The van der Waals surface area contributed by atoms with Gasteiger partial charge in [-0.2, -0.15) is 13.2 Å². The second-order valence-electron chi connectivity index (χ2n) is 4.83. The highest BCUT2D eigenvalue weighted by atomic mass is 35.5. The van der Waals surface area contributed by atoms with Crippen LogP contribution in [0, 0.1) is 0 Å². The monoisotopic (exact) mass is 340 g/mol. The van der Waals surface area contributed by atoms with Gasteiger partial charge >= 0.3 is 6.18 Å². The van der Waals surface area contributed by atoms with Crippen molar-refractivity contribution >= 4 is 11.6 Å². The molecule has 0 spiro atoms. The summed E-state index contributed by atoms with van der Waals surface area (Å²) >= 11 is 5.89. The molecule has 1 heterocycles. The predicted molar refractivity (Wildman–Crippen MR) is 78.7 cm³/mol. The van der Waals surface area contributed by atoms with Gasteiger partial charge in [-0.15, -0.1) is 0 Å². The van der Waals surface area contributed by atoms with Crippen LogP contribution in [0.3, 0.4) is 0 Å². The van der Waals surface area contributed by atoms with E-state index in [-0.39, 0.29) is 22.1 Å². The van der Waals surface area contributed by atoms with Crippen LogP contribution in [0.15, 0.2) is 51.7 Å². The Morgan fingerprint density at radius 2 is 1.74 bits per heavy atom. The molecule has 0 amide bonds. The van der Waals surface area contributed by atoms with Crippen LogP contribution in [0.25, 0.3) is 22.6 Å². The van der Waals surface area contributed by atoms with E-state index in [0.29, 0.717) is 11.6 Å². The molecule has 0 atom stereocenters. The molecule has 0 saturated heterocycles. The van der Waals surface area contributed by atoms with Gasteiger partial charge in [0.25, 0.3) is 0 Å². The smallest absolute Gasteiger partial charge is 0.416 e. The van der Waals surface area contributed by atoms with Crippen LogP contribution < -0.4 is 5.43 Å². The van der Waals surface area contributed by atoms with Crippen LogP contribution in [0.1, 0.15) is 5.56 Å². The molecule has 118 valence electrons. The Bertz CT molecular complexity index is 915. The van der Waals surface area contributed by atoms with E-state index in [1.54, 1.807) is 6.07 Å². The number of halogens is 4. The summed E-state index contributed by atoms with van der Waals surface area (Å²) in [4.78, 5) is 11.5. The van der Waals surface area contributed by atoms with Crippen molar-refractivity contribution in [3.05, 3.63) is 63.3 Å². The zero-order valence-corrected chi connectivity index (χ0v) is 12.1. The first-order valence-corrected chi connectivity index (χ1v) is 6.78. The van der Waals surface area contributed by atoms with Gasteiger partial charge in [-0.3, -0.25) is 4.79 Å². The average molecular weight is 341 g/mol. The summed E-state index contributed by atoms with van der Waals surface area (Å²) in [5, 5.41) is 9.72. The molecule has 0 bridgehead atoms. The highest BCUT2D eigenvalue weighted by Crippen LogP contribution is 2.38. The van der Waals surface area contributed by atoms with Gasteiger partial charge in [0.1, 0.15) is 16.5 Å². The van der Waals surface area contributed by atoms with E-state index in [1.165, 1.54) is 18.2 Å². The lowest BCUT2D eigenvalue weighted by Crippen LogP contribution is -2.04. The Kier molecular flexibility index (Phi) is 3.56. The molecule has 1 N–H and O–H groups in total. The van der Waals surface area contributed by atoms with Crippen molar-refractivity contribution in [1.82, 2.24) is 0 Å². The molecule has 0 fully saturated rings. The van der Waals surface area contributed by atoms with E-state index in [1.807, 2.05) is 0 Å². The Hall–Kier alpha value is -2.47. The lowest BCUT2D eigenvalue weighted by atomic mass is 10.1. The summed E-state index contributed by atoms with van der Waals surface area (Å²) in [6.07, 6.45) is -4.56. The van der Waals surface area contributed by atoms with Crippen LogP contribution >= 0.6 is 11.6 Å². The minimum absolute atomic E-state index is 0.0623. The highest BCUT2D eigenvalue weighted by molar-refractivity contribution is 6.32. The number of hydrogen-bond acceptors (Lipinski definition) is 3. The molecule has 0 radical (unpaired) electrons. The number of aromatic hydroxyl groups is 1. The molecular weight excluding hydrogens is 333 g/mol. The summed E-state index contributed by atoms with van der Waals surface area (Å²) in [6, 6.07) is 8.42. The van der Waals surface area contributed by atoms with Gasteiger partial charge < -0.3 is 9.52 Å². The fourth-order valence-corrected chi connectivity index (χ4v) is 2.37. The number of benzene rings is 2. The summed E-state index contributed by atoms with van der Waals surface area (Å²) in [5.74, 6) is -0.385. The zero-order valence-electron chi connectivity index (χ0n) is 11.3. The Balaban J connectivity index is 2.16. The number of phenolic OH excluding ortho intramolecular Hbond substituents is 1. The first-order chi connectivity index (χ1) is 10.8. The normalized spacial score (nSPS) is 11.8. The van der Waals surface area contributed by atoms with Gasteiger partial charge in [-0.05, 0) is 42.5 Å². The van der Waals surface area contributed by atoms with Gasteiger partial charge in [0.05, 0.1) is 11.1 Å². The highest BCUT2D eigenvalue weighted by Gasteiger charge is 2.31. The minimum atomic E-state index is -4.56. The summed E-state index contributed by atoms with van der Waals surface area (Å²) in [5.41, 5.74) is -0.784. The van der Waals surface area contributed by atoms with E-state index in [0.717, 1.165) is 12.1 Å². The molecule has 0 aromatic heterocycles. The zero-order chi connectivity index (χ0) is 16.8. The molecule has 3 nitrogen and oxygen atoms in total. The van der Waals surface area contributed by atoms with Crippen LogP contribution in [0.4, 0.5) is 13.2 Å². The summed E-state index contributed by atoms with van der Waals surface area (Å²) in [7, 11) is 0. The summed E-state index contributed by atoms with van der Waals surface area (Å²) < 4.78 is 43.4. The molecule has 1 aromatic rings. The molecule has 1 aromatic carbocycles. The molecule has 3 rings (SSSR count). The van der Waals surface area contributed by atoms with Gasteiger partial charge in [0.2, 0.25) is 5.43 Å². The third-order valence-electron chi connectivity index (χ3n) is 3.31. The fourth-order valence-electron chi connectivity index (χ4n) is 2.16. The van der Waals surface area contributed by atoms with Gasteiger partial charge in [-0.25, -0.2) is 0 Å². The minimum Gasteiger partial charge on any atom is -0.507 e. The number of alkyl halides is 3. The lowest BCUT2D eigenvalue weighted by Gasteiger charge is -2.12. The standard InChI is InChI=1S/C16H8ClF3O3/c17-14-11(21)5-1-8-2-6-13(23-15(8)14)10-4-3-9(7-12(10)22)16(18,19)20/h1-7,22H. The maximum atomic E-state index is 12.6. The first-order valence-electron chi connectivity index (χ1n) is 6.40. The fraction of sp³-hybridized carbons (Fsp3) is 0.0625. The van der Waals surface area contributed by atoms with Crippen molar-refractivity contribution in [2.45, 2.75) is 6.18 Å². The van der Waals surface area contributed by atoms with Crippen LogP contribution in [-0.2, 0) is 6.18 Å². The van der Waals surface area contributed by atoms with E-state index in [4.69, 9.17) is 16.0 Å².